The summed E-state index contributed by atoms with van der Waals surface area (Å²) >= 11 is 8.88. The Balaban J connectivity index is 2.80. The normalized spacial score (nSPS) is 13.0. The summed E-state index contributed by atoms with van der Waals surface area (Å²) in [6.45, 7) is 1.38. The third kappa shape index (κ3) is 3.06. The van der Waals surface area contributed by atoms with Crippen molar-refractivity contribution >= 4 is 33.2 Å². The molecule has 0 saturated heterocycles. The van der Waals surface area contributed by atoms with E-state index in [2.05, 4.69) is 26.2 Å². The van der Waals surface area contributed by atoms with Gasteiger partial charge in [0.2, 0.25) is 0 Å². The van der Waals surface area contributed by atoms with Gasteiger partial charge >= 0.3 is 0 Å². The van der Waals surface area contributed by atoms with Crippen LogP contribution in [0.2, 0.25) is 5.15 Å². The van der Waals surface area contributed by atoms with Crippen molar-refractivity contribution in [2.75, 3.05) is 5.32 Å². The third-order valence-electron chi connectivity index (χ3n) is 1.57. The average molecular weight is 286 g/mol. The smallest absolute Gasteiger partial charge is 0.258 e. The standard InChI is InChI=1S/C8H8BrClF2N2/c1-4(8(11)12)14-6-2-5(9)3-13-7(6)10/h2-4,8,14H,1H3. The molecule has 0 bridgehead atoms. The number of halogens is 4. The second-order valence-electron chi connectivity index (χ2n) is 2.76. The molecule has 6 heteroatoms. The highest BCUT2D eigenvalue weighted by molar-refractivity contribution is 9.10. The lowest BCUT2D eigenvalue weighted by Crippen LogP contribution is -2.24. The van der Waals surface area contributed by atoms with Crippen LogP contribution in [-0.2, 0) is 0 Å². The molecule has 0 amide bonds. The number of pyridine rings is 1. The Hall–Kier alpha value is -0.420. The summed E-state index contributed by atoms with van der Waals surface area (Å²) in [5.74, 6) is 0. The predicted molar refractivity (Wildman–Crippen MR) is 56.0 cm³/mol. The molecule has 1 aromatic heterocycles. The molecule has 0 aliphatic carbocycles. The van der Waals surface area contributed by atoms with Crippen LogP contribution in [-0.4, -0.2) is 17.5 Å². The van der Waals surface area contributed by atoms with E-state index in [9.17, 15) is 8.78 Å². The number of hydrogen-bond donors (Lipinski definition) is 1. The van der Waals surface area contributed by atoms with Gasteiger partial charge in [0, 0.05) is 10.7 Å². The monoisotopic (exact) mass is 284 g/mol. The highest BCUT2D eigenvalue weighted by Crippen LogP contribution is 2.24. The van der Waals surface area contributed by atoms with Gasteiger partial charge in [0.25, 0.3) is 6.43 Å². The number of nitrogens with one attached hydrogen (secondary N) is 1. The summed E-state index contributed by atoms with van der Waals surface area (Å²) in [4.78, 5) is 3.80. The Labute approximate surface area is 93.8 Å². The first-order chi connectivity index (χ1) is 6.50. The lowest BCUT2D eigenvalue weighted by molar-refractivity contribution is 0.130. The van der Waals surface area contributed by atoms with Crippen LogP contribution in [0.4, 0.5) is 14.5 Å². The van der Waals surface area contributed by atoms with Gasteiger partial charge in [-0.2, -0.15) is 0 Å². The van der Waals surface area contributed by atoms with Gasteiger partial charge < -0.3 is 5.32 Å². The molecule has 14 heavy (non-hydrogen) atoms. The van der Waals surface area contributed by atoms with E-state index in [1.54, 1.807) is 6.07 Å². The van der Waals surface area contributed by atoms with Crippen LogP contribution in [0, 0.1) is 0 Å². The van der Waals surface area contributed by atoms with E-state index in [0.29, 0.717) is 10.2 Å². The molecule has 2 nitrogen and oxygen atoms in total. The molecule has 0 fully saturated rings. The molecule has 1 atom stereocenters. The van der Waals surface area contributed by atoms with Gasteiger partial charge in [-0.25, -0.2) is 13.8 Å². The highest BCUT2D eigenvalue weighted by atomic mass is 79.9. The second-order valence-corrected chi connectivity index (χ2v) is 4.03. The van der Waals surface area contributed by atoms with Crippen molar-refractivity contribution < 1.29 is 8.78 Å². The fraction of sp³-hybridized carbons (Fsp3) is 0.375. The van der Waals surface area contributed by atoms with E-state index < -0.39 is 12.5 Å². The predicted octanol–water partition coefficient (Wildman–Crippen LogP) is 3.56. The molecule has 1 heterocycles. The van der Waals surface area contributed by atoms with Gasteiger partial charge in [-0.15, -0.1) is 0 Å². The van der Waals surface area contributed by atoms with Crippen molar-refractivity contribution in [1.82, 2.24) is 4.98 Å². The molecule has 0 saturated carbocycles. The Bertz CT molecular complexity index is 322. The fourth-order valence-electron chi connectivity index (χ4n) is 0.832. The summed E-state index contributed by atoms with van der Waals surface area (Å²) in [6, 6.07) is 0.650. The molecular formula is C8H8BrClF2N2. The fourth-order valence-corrected chi connectivity index (χ4v) is 1.32. The number of anilines is 1. The van der Waals surface area contributed by atoms with Gasteiger partial charge in [0.1, 0.15) is 0 Å². The molecular weight excluding hydrogens is 277 g/mol. The molecule has 1 aromatic rings. The van der Waals surface area contributed by atoms with Crippen molar-refractivity contribution in [2.45, 2.75) is 19.4 Å². The quantitative estimate of drug-likeness (QED) is 0.859. The molecule has 1 N–H and O–H groups in total. The summed E-state index contributed by atoms with van der Waals surface area (Å²) in [7, 11) is 0. The minimum atomic E-state index is -2.44. The van der Waals surface area contributed by atoms with Gasteiger partial charge in [-0.3, -0.25) is 0 Å². The third-order valence-corrected chi connectivity index (χ3v) is 2.30. The Morgan fingerprint density at radius 1 is 1.57 bits per heavy atom. The molecule has 1 unspecified atom stereocenters. The zero-order chi connectivity index (χ0) is 10.7. The van der Waals surface area contributed by atoms with Crippen molar-refractivity contribution in [3.63, 3.8) is 0 Å². The van der Waals surface area contributed by atoms with E-state index in [4.69, 9.17) is 11.6 Å². The Morgan fingerprint density at radius 3 is 2.79 bits per heavy atom. The maximum Gasteiger partial charge on any atom is 0.258 e. The average Bonchev–Trinajstić information content (AvgIpc) is 2.11. The van der Waals surface area contributed by atoms with Crippen LogP contribution in [0.3, 0.4) is 0 Å². The van der Waals surface area contributed by atoms with Crippen molar-refractivity contribution in [3.05, 3.63) is 21.9 Å². The minimum Gasteiger partial charge on any atom is -0.374 e. The molecule has 0 aromatic carbocycles. The van der Waals surface area contributed by atoms with Crippen molar-refractivity contribution in [2.24, 2.45) is 0 Å². The molecule has 1 rings (SSSR count). The Kier molecular flexibility index (Phi) is 4.07. The van der Waals surface area contributed by atoms with Crippen LogP contribution >= 0.6 is 27.5 Å². The van der Waals surface area contributed by atoms with Crippen molar-refractivity contribution in [1.29, 1.82) is 0 Å². The first-order valence-electron chi connectivity index (χ1n) is 3.86. The minimum absolute atomic E-state index is 0.181. The first kappa shape index (κ1) is 11.7. The SMILES string of the molecule is CC(Nc1cc(Br)cnc1Cl)C(F)F. The van der Waals surface area contributed by atoms with Crippen LogP contribution in [0.15, 0.2) is 16.7 Å². The molecule has 0 aliphatic rings. The maximum atomic E-state index is 12.2. The second kappa shape index (κ2) is 4.89. The number of hydrogen-bond acceptors (Lipinski definition) is 2. The molecule has 0 aliphatic heterocycles. The Morgan fingerprint density at radius 2 is 2.21 bits per heavy atom. The van der Waals surface area contributed by atoms with Crippen LogP contribution < -0.4 is 5.32 Å². The zero-order valence-corrected chi connectivity index (χ0v) is 9.61. The lowest BCUT2D eigenvalue weighted by Gasteiger charge is -2.14. The summed E-state index contributed by atoms with van der Waals surface area (Å²) in [5, 5.41) is 2.76. The van der Waals surface area contributed by atoms with Gasteiger partial charge in [0.05, 0.1) is 11.7 Å². The maximum absolute atomic E-state index is 12.2. The topological polar surface area (TPSA) is 24.9 Å². The van der Waals surface area contributed by atoms with E-state index in [1.807, 2.05) is 0 Å². The number of rotatable bonds is 3. The largest absolute Gasteiger partial charge is 0.374 e. The summed E-state index contributed by atoms with van der Waals surface area (Å²) in [6.07, 6.45) is -0.939. The van der Waals surface area contributed by atoms with E-state index >= 15 is 0 Å². The summed E-state index contributed by atoms with van der Waals surface area (Å²) < 4.78 is 25.1. The molecule has 0 radical (unpaired) electrons. The summed E-state index contributed by atoms with van der Waals surface area (Å²) in [5.41, 5.74) is 0.397. The van der Waals surface area contributed by atoms with E-state index in [1.165, 1.54) is 13.1 Å². The number of alkyl halides is 2. The first-order valence-corrected chi connectivity index (χ1v) is 5.03. The number of aromatic nitrogens is 1. The lowest BCUT2D eigenvalue weighted by atomic mass is 10.3. The highest BCUT2D eigenvalue weighted by Gasteiger charge is 2.15. The molecule has 78 valence electrons. The zero-order valence-electron chi connectivity index (χ0n) is 7.27. The van der Waals surface area contributed by atoms with Gasteiger partial charge in [-0.1, -0.05) is 11.6 Å². The van der Waals surface area contributed by atoms with Crippen LogP contribution in [0.1, 0.15) is 6.92 Å². The molecule has 0 spiro atoms. The number of nitrogens with zero attached hydrogens (tertiary/aromatic N) is 1. The van der Waals surface area contributed by atoms with Gasteiger partial charge in [0.15, 0.2) is 5.15 Å². The van der Waals surface area contributed by atoms with Crippen LogP contribution in [0.25, 0.3) is 0 Å². The van der Waals surface area contributed by atoms with E-state index in [0.717, 1.165) is 0 Å². The van der Waals surface area contributed by atoms with E-state index in [-0.39, 0.29) is 5.15 Å². The van der Waals surface area contributed by atoms with Crippen LogP contribution in [0.5, 0.6) is 0 Å². The van der Waals surface area contributed by atoms with Gasteiger partial charge in [-0.05, 0) is 28.9 Å². The van der Waals surface area contributed by atoms with Crippen molar-refractivity contribution in [3.8, 4) is 0 Å².